The second kappa shape index (κ2) is 8.20. The van der Waals surface area contributed by atoms with Crippen molar-refractivity contribution in [2.24, 2.45) is 0 Å². The van der Waals surface area contributed by atoms with Crippen LogP contribution in [-0.2, 0) is 10.2 Å². The highest BCUT2D eigenvalue weighted by molar-refractivity contribution is 6.33. The third kappa shape index (κ3) is 3.74. The van der Waals surface area contributed by atoms with Crippen LogP contribution in [0.5, 0.6) is 0 Å². The molecule has 4 aromatic rings. The summed E-state index contributed by atoms with van der Waals surface area (Å²) in [6.45, 7) is 6.98. The van der Waals surface area contributed by atoms with E-state index in [1.165, 1.54) is 0 Å². The minimum absolute atomic E-state index is 0.0107. The number of aromatic amines is 1. The summed E-state index contributed by atoms with van der Waals surface area (Å²) in [5.41, 5.74) is 4.26. The van der Waals surface area contributed by atoms with Crippen LogP contribution in [0.1, 0.15) is 19.5 Å². The van der Waals surface area contributed by atoms with Crippen molar-refractivity contribution in [3.8, 4) is 16.9 Å². The summed E-state index contributed by atoms with van der Waals surface area (Å²) in [5, 5.41) is 27.2. The third-order valence-electron chi connectivity index (χ3n) is 5.97. The molecule has 0 amide bonds. The number of benzene rings is 2. The molecule has 1 fully saturated rings. The molecule has 2 N–H and O–H groups in total. The number of morpholine rings is 1. The second-order valence-corrected chi connectivity index (χ2v) is 9.07. The summed E-state index contributed by atoms with van der Waals surface area (Å²) in [5.74, 6) is 0.666. The Bertz CT molecular complexity index is 1260. The lowest BCUT2D eigenvalue weighted by Gasteiger charge is -2.29. The lowest BCUT2D eigenvalue weighted by Crippen LogP contribution is -2.36. The number of aromatic nitrogens is 5. The molecule has 1 aliphatic heterocycles. The summed E-state index contributed by atoms with van der Waals surface area (Å²) >= 11 is 6.63. The van der Waals surface area contributed by atoms with Gasteiger partial charge >= 0.3 is 0 Å². The molecule has 9 heteroatoms. The summed E-state index contributed by atoms with van der Waals surface area (Å²) in [6, 6.07) is 12.3. The summed E-state index contributed by atoms with van der Waals surface area (Å²) < 4.78 is 7.08. The molecule has 166 valence electrons. The molecule has 3 heterocycles. The van der Waals surface area contributed by atoms with Crippen LogP contribution in [0.15, 0.2) is 42.6 Å². The molecule has 5 rings (SSSR count). The molecule has 8 nitrogen and oxygen atoms in total. The smallest absolute Gasteiger partial charge is 0.184 e. The minimum Gasteiger partial charge on any atom is -0.395 e. The molecule has 0 bridgehead atoms. The van der Waals surface area contributed by atoms with Gasteiger partial charge in [-0.25, -0.2) is 0 Å². The monoisotopic (exact) mass is 452 g/mol. The van der Waals surface area contributed by atoms with Gasteiger partial charge in [-0.1, -0.05) is 42.8 Å². The number of halogens is 1. The number of nitrogens with zero attached hydrogens (tertiary/aromatic N) is 5. The van der Waals surface area contributed by atoms with Gasteiger partial charge in [0.25, 0.3) is 0 Å². The van der Waals surface area contributed by atoms with Crippen LogP contribution in [0.4, 0.5) is 5.69 Å². The van der Waals surface area contributed by atoms with Crippen LogP contribution in [0.3, 0.4) is 0 Å². The molecule has 0 unspecified atom stereocenters. The molecular formula is C23H25ClN6O2. The van der Waals surface area contributed by atoms with Crippen LogP contribution >= 0.6 is 11.6 Å². The van der Waals surface area contributed by atoms with E-state index in [4.69, 9.17) is 16.3 Å². The molecule has 0 spiro atoms. The Morgan fingerprint density at radius 2 is 1.88 bits per heavy atom. The number of anilines is 1. The van der Waals surface area contributed by atoms with E-state index in [0.29, 0.717) is 11.5 Å². The van der Waals surface area contributed by atoms with Crippen molar-refractivity contribution in [1.29, 1.82) is 0 Å². The largest absolute Gasteiger partial charge is 0.395 e. The average molecular weight is 453 g/mol. The zero-order valence-corrected chi connectivity index (χ0v) is 18.8. The van der Waals surface area contributed by atoms with Gasteiger partial charge in [-0.3, -0.25) is 5.10 Å². The summed E-state index contributed by atoms with van der Waals surface area (Å²) in [7, 11) is 0. The highest BCUT2D eigenvalue weighted by Gasteiger charge is 2.24. The maximum Gasteiger partial charge on any atom is 0.184 e. The first-order valence-electron chi connectivity index (χ1n) is 10.6. The Morgan fingerprint density at radius 3 is 2.62 bits per heavy atom. The zero-order chi connectivity index (χ0) is 22.3. The number of hydrogen-bond acceptors (Lipinski definition) is 6. The van der Waals surface area contributed by atoms with E-state index in [2.05, 4.69) is 49.7 Å². The Labute approximate surface area is 190 Å². The number of nitrogens with one attached hydrogen (secondary N) is 1. The van der Waals surface area contributed by atoms with Crippen molar-refractivity contribution >= 4 is 28.2 Å². The number of fused-ring (bicyclic) bond motifs is 1. The maximum atomic E-state index is 9.59. The SMILES string of the molecule is CC(C)(CO)c1cn(-c2n[nH]c3cc(-c4ccc(N5CCOCC5)c(Cl)c4)ccc23)nn1. The van der Waals surface area contributed by atoms with Gasteiger partial charge in [0, 0.05) is 23.9 Å². The van der Waals surface area contributed by atoms with Crippen LogP contribution in [0.2, 0.25) is 5.02 Å². The molecule has 0 saturated carbocycles. The molecule has 1 aliphatic rings. The number of aliphatic hydroxyl groups excluding tert-OH is 1. The Balaban J connectivity index is 1.45. The van der Waals surface area contributed by atoms with E-state index in [1.54, 1.807) is 4.68 Å². The summed E-state index contributed by atoms with van der Waals surface area (Å²) in [4.78, 5) is 2.25. The van der Waals surface area contributed by atoms with Crippen LogP contribution in [-0.4, -0.2) is 63.2 Å². The van der Waals surface area contributed by atoms with Gasteiger partial charge in [0.15, 0.2) is 5.82 Å². The van der Waals surface area contributed by atoms with Gasteiger partial charge in [-0.15, -0.1) is 5.10 Å². The maximum absolute atomic E-state index is 9.59. The highest BCUT2D eigenvalue weighted by Crippen LogP contribution is 2.33. The quantitative estimate of drug-likeness (QED) is 0.481. The number of rotatable bonds is 5. The van der Waals surface area contributed by atoms with Gasteiger partial charge in [0.05, 0.1) is 47.9 Å². The fourth-order valence-electron chi connectivity index (χ4n) is 3.86. The number of hydrogen-bond donors (Lipinski definition) is 2. The first-order valence-corrected chi connectivity index (χ1v) is 11.0. The van der Waals surface area contributed by atoms with Gasteiger partial charge in [-0.2, -0.15) is 9.78 Å². The molecule has 32 heavy (non-hydrogen) atoms. The van der Waals surface area contributed by atoms with Gasteiger partial charge in [-0.05, 0) is 35.4 Å². The van der Waals surface area contributed by atoms with E-state index in [9.17, 15) is 5.11 Å². The number of ether oxygens (including phenoxy) is 1. The van der Waals surface area contributed by atoms with Crippen molar-refractivity contribution in [3.05, 3.63) is 53.3 Å². The predicted octanol–water partition coefficient (Wildman–Crippen LogP) is 3.57. The normalized spacial score (nSPS) is 14.9. The van der Waals surface area contributed by atoms with Crippen molar-refractivity contribution in [2.75, 3.05) is 37.8 Å². The Kier molecular flexibility index (Phi) is 5.36. The molecule has 0 atom stereocenters. The van der Waals surface area contributed by atoms with Crippen molar-refractivity contribution in [3.63, 3.8) is 0 Å². The fraction of sp³-hybridized carbons (Fsp3) is 0.348. The van der Waals surface area contributed by atoms with Crippen molar-refractivity contribution in [2.45, 2.75) is 19.3 Å². The molecule has 0 radical (unpaired) electrons. The molecule has 0 aliphatic carbocycles. The average Bonchev–Trinajstić information content (AvgIpc) is 3.46. The van der Waals surface area contributed by atoms with Crippen LogP contribution < -0.4 is 4.90 Å². The summed E-state index contributed by atoms with van der Waals surface area (Å²) in [6.07, 6.45) is 1.81. The van der Waals surface area contributed by atoms with E-state index in [-0.39, 0.29) is 6.61 Å². The van der Waals surface area contributed by atoms with Crippen molar-refractivity contribution < 1.29 is 9.84 Å². The van der Waals surface area contributed by atoms with E-state index >= 15 is 0 Å². The van der Waals surface area contributed by atoms with E-state index in [1.807, 2.05) is 32.2 Å². The Hall–Kier alpha value is -2.94. The molecule has 2 aromatic carbocycles. The van der Waals surface area contributed by atoms with Gasteiger partial charge < -0.3 is 14.7 Å². The fourth-order valence-corrected chi connectivity index (χ4v) is 4.17. The first kappa shape index (κ1) is 20.9. The second-order valence-electron chi connectivity index (χ2n) is 8.66. The topological polar surface area (TPSA) is 92.1 Å². The molecule has 1 saturated heterocycles. The lowest BCUT2D eigenvalue weighted by atomic mass is 9.91. The standard InChI is InChI=1S/C23H25ClN6O2/c1-23(2,14-31)21-13-30(28-26-21)22-17-5-3-16(12-19(17)25-27-22)15-4-6-20(18(24)11-15)29-7-9-32-10-8-29/h3-6,11-13,31H,7-10,14H2,1-2H3,(H,25,27). The Morgan fingerprint density at radius 1 is 1.12 bits per heavy atom. The van der Waals surface area contributed by atoms with Crippen molar-refractivity contribution in [1.82, 2.24) is 25.2 Å². The number of aliphatic hydroxyl groups is 1. The van der Waals surface area contributed by atoms with E-state index in [0.717, 1.165) is 59.0 Å². The van der Waals surface area contributed by atoms with Gasteiger partial charge in [0.1, 0.15) is 0 Å². The van der Waals surface area contributed by atoms with Crippen LogP contribution in [0, 0.1) is 0 Å². The van der Waals surface area contributed by atoms with E-state index < -0.39 is 5.41 Å². The highest BCUT2D eigenvalue weighted by atomic mass is 35.5. The lowest BCUT2D eigenvalue weighted by molar-refractivity contribution is 0.122. The molecule has 2 aromatic heterocycles. The van der Waals surface area contributed by atoms with Gasteiger partial charge in [0.2, 0.25) is 0 Å². The third-order valence-corrected chi connectivity index (χ3v) is 6.28. The minimum atomic E-state index is -0.468. The molecular weight excluding hydrogens is 428 g/mol. The number of H-pyrrole nitrogens is 1. The predicted molar refractivity (Wildman–Crippen MR) is 125 cm³/mol. The first-order chi connectivity index (χ1) is 15.5. The zero-order valence-electron chi connectivity index (χ0n) is 18.0. The van der Waals surface area contributed by atoms with Crippen LogP contribution in [0.25, 0.3) is 27.8 Å².